The number of benzene rings is 2. The third-order valence-corrected chi connectivity index (χ3v) is 6.01. The van der Waals surface area contributed by atoms with Crippen molar-refractivity contribution in [2.45, 2.75) is 104 Å². The van der Waals surface area contributed by atoms with Crippen molar-refractivity contribution < 1.29 is 0 Å². The highest BCUT2D eigenvalue weighted by molar-refractivity contribution is 5.77. The van der Waals surface area contributed by atoms with Crippen molar-refractivity contribution in [3.05, 3.63) is 54.6 Å². The minimum absolute atomic E-state index is 0.465. The molecule has 30 heavy (non-hydrogen) atoms. The van der Waals surface area contributed by atoms with Gasteiger partial charge in [0.15, 0.2) is 0 Å². The zero-order chi connectivity index (χ0) is 21.6. The summed E-state index contributed by atoms with van der Waals surface area (Å²) >= 11 is 0. The van der Waals surface area contributed by atoms with Crippen molar-refractivity contribution in [1.82, 2.24) is 0 Å². The molecule has 2 aromatic carbocycles. The Hall–Kier alpha value is -1.96. The second-order valence-electron chi connectivity index (χ2n) is 8.82. The largest absolute Gasteiger partial charge is 0.381 e. The van der Waals surface area contributed by atoms with Gasteiger partial charge in [0, 0.05) is 17.8 Å². The van der Waals surface area contributed by atoms with Crippen molar-refractivity contribution >= 4 is 17.1 Å². The van der Waals surface area contributed by atoms with Crippen molar-refractivity contribution in [2.24, 2.45) is 0 Å². The van der Waals surface area contributed by atoms with Gasteiger partial charge in [-0.3, -0.25) is 0 Å². The molecule has 166 valence electrons. The van der Waals surface area contributed by atoms with Gasteiger partial charge in [0.05, 0.1) is 11.4 Å². The van der Waals surface area contributed by atoms with E-state index < -0.39 is 0 Å². The van der Waals surface area contributed by atoms with Crippen LogP contribution in [0.2, 0.25) is 0 Å². The summed E-state index contributed by atoms with van der Waals surface area (Å²) < 4.78 is 0. The molecule has 2 nitrogen and oxygen atoms in total. The topological polar surface area (TPSA) is 15.3 Å². The molecule has 2 unspecified atom stereocenters. The van der Waals surface area contributed by atoms with E-state index in [9.17, 15) is 0 Å². The number of anilines is 3. The highest BCUT2D eigenvalue weighted by Crippen LogP contribution is 2.35. The highest BCUT2D eigenvalue weighted by atomic mass is 15.2. The van der Waals surface area contributed by atoms with Crippen LogP contribution in [0.3, 0.4) is 0 Å². The zero-order valence-electron chi connectivity index (χ0n) is 19.9. The molecule has 0 heterocycles. The summed E-state index contributed by atoms with van der Waals surface area (Å²) in [6, 6.07) is 20.7. The molecule has 0 aliphatic carbocycles. The van der Waals surface area contributed by atoms with Gasteiger partial charge in [-0.2, -0.15) is 0 Å². The lowest BCUT2D eigenvalue weighted by Gasteiger charge is -2.34. The van der Waals surface area contributed by atoms with Gasteiger partial charge in [-0.15, -0.1) is 0 Å². The summed E-state index contributed by atoms with van der Waals surface area (Å²) in [6.07, 6.45) is 13.0. The van der Waals surface area contributed by atoms with E-state index in [1.165, 1.54) is 81.3 Å². The fourth-order valence-electron chi connectivity index (χ4n) is 4.24. The maximum absolute atomic E-state index is 3.83. The molecule has 1 N–H and O–H groups in total. The van der Waals surface area contributed by atoms with Crippen LogP contribution in [-0.4, -0.2) is 12.1 Å². The Labute approximate surface area is 186 Å². The number of unbranched alkanes of at least 4 members (excludes halogenated alkanes) is 6. The molecule has 0 amide bonds. The number of nitrogens with zero attached hydrogens (tertiary/aromatic N) is 1. The smallest absolute Gasteiger partial charge is 0.0649 e. The van der Waals surface area contributed by atoms with Crippen molar-refractivity contribution in [2.75, 3.05) is 10.2 Å². The number of para-hydroxylation sites is 3. The van der Waals surface area contributed by atoms with Crippen LogP contribution in [0.25, 0.3) is 0 Å². The third kappa shape index (κ3) is 8.05. The normalized spacial score (nSPS) is 13.1. The SMILES string of the molecule is CCCCCCC(C)Nc1ccccc1N(c1ccccc1)C(C)CCCCCC. The molecule has 0 saturated carbocycles. The molecular weight excluding hydrogens is 364 g/mol. The van der Waals surface area contributed by atoms with Crippen molar-refractivity contribution in [1.29, 1.82) is 0 Å². The second kappa shape index (κ2) is 14.1. The van der Waals surface area contributed by atoms with Gasteiger partial charge < -0.3 is 10.2 Å². The standard InChI is InChI=1S/C28H44N2/c1-5-7-9-12-18-24(3)29-27-22-16-17-23-28(27)30(26-20-14-11-15-21-26)25(4)19-13-10-8-6-2/h11,14-17,20-25,29H,5-10,12-13,18-19H2,1-4H3. The first kappa shape index (κ1) is 24.3. The Balaban J connectivity index is 2.17. The predicted molar refractivity (Wildman–Crippen MR) is 135 cm³/mol. The molecule has 0 aromatic heterocycles. The monoisotopic (exact) mass is 408 g/mol. The molecule has 0 bridgehead atoms. The number of rotatable bonds is 15. The summed E-state index contributed by atoms with van der Waals surface area (Å²) in [6.45, 7) is 9.26. The van der Waals surface area contributed by atoms with E-state index in [4.69, 9.17) is 0 Å². The molecule has 0 aliphatic heterocycles. The average Bonchev–Trinajstić information content (AvgIpc) is 2.76. The van der Waals surface area contributed by atoms with E-state index in [2.05, 4.69) is 92.5 Å². The molecular formula is C28H44N2. The number of nitrogens with one attached hydrogen (secondary N) is 1. The summed E-state index contributed by atoms with van der Waals surface area (Å²) in [5.41, 5.74) is 3.84. The van der Waals surface area contributed by atoms with E-state index in [1.807, 2.05) is 0 Å². The Morgan fingerprint density at radius 1 is 0.700 bits per heavy atom. The van der Waals surface area contributed by atoms with Gasteiger partial charge >= 0.3 is 0 Å². The van der Waals surface area contributed by atoms with Gasteiger partial charge in [0.1, 0.15) is 0 Å². The summed E-state index contributed by atoms with van der Waals surface area (Å²) in [5, 5.41) is 3.83. The van der Waals surface area contributed by atoms with Crippen LogP contribution in [0.1, 0.15) is 91.9 Å². The summed E-state index contributed by atoms with van der Waals surface area (Å²) in [5.74, 6) is 0. The lowest BCUT2D eigenvalue weighted by molar-refractivity contribution is 0.566. The number of hydrogen-bond donors (Lipinski definition) is 1. The van der Waals surface area contributed by atoms with Crippen molar-refractivity contribution in [3.8, 4) is 0 Å². The maximum atomic E-state index is 3.83. The van der Waals surface area contributed by atoms with Gasteiger partial charge in [0.2, 0.25) is 0 Å². The molecule has 2 rings (SSSR count). The van der Waals surface area contributed by atoms with Crippen LogP contribution in [0.4, 0.5) is 17.1 Å². The second-order valence-corrected chi connectivity index (χ2v) is 8.82. The molecule has 2 heteroatoms. The van der Waals surface area contributed by atoms with Crippen LogP contribution in [-0.2, 0) is 0 Å². The minimum Gasteiger partial charge on any atom is -0.381 e. The van der Waals surface area contributed by atoms with E-state index in [0.717, 1.165) is 0 Å². The lowest BCUT2D eigenvalue weighted by atomic mass is 10.0. The lowest BCUT2D eigenvalue weighted by Crippen LogP contribution is -2.29. The van der Waals surface area contributed by atoms with E-state index >= 15 is 0 Å². The number of hydrogen-bond acceptors (Lipinski definition) is 2. The predicted octanol–water partition coefficient (Wildman–Crippen LogP) is 8.95. The molecule has 2 aromatic rings. The average molecular weight is 409 g/mol. The van der Waals surface area contributed by atoms with Crippen LogP contribution < -0.4 is 10.2 Å². The molecule has 2 atom stereocenters. The molecule has 0 spiro atoms. The Morgan fingerprint density at radius 3 is 1.97 bits per heavy atom. The van der Waals surface area contributed by atoms with Crippen LogP contribution in [0.5, 0.6) is 0 Å². The van der Waals surface area contributed by atoms with Crippen LogP contribution >= 0.6 is 0 Å². The van der Waals surface area contributed by atoms with Gasteiger partial charge in [-0.05, 0) is 51.0 Å². The fraction of sp³-hybridized carbons (Fsp3) is 0.571. The van der Waals surface area contributed by atoms with Gasteiger partial charge in [-0.25, -0.2) is 0 Å². The minimum atomic E-state index is 0.465. The first-order valence-corrected chi connectivity index (χ1v) is 12.4. The molecule has 0 aliphatic rings. The first-order valence-electron chi connectivity index (χ1n) is 12.4. The fourth-order valence-corrected chi connectivity index (χ4v) is 4.24. The molecule has 0 fully saturated rings. The van der Waals surface area contributed by atoms with Crippen LogP contribution in [0.15, 0.2) is 54.6 Å². The van der Waals surface area contributed by atoms with E-state index in [1.54, 1.807) is 0 Å². The molecule has 0 radical (unpaired) electrons. The van der Waals surface area contributed by atoms with E-state index in [-0.39, 0.29) is 0 Å². The van der Waals surface area contributed by atoms with Gasteiger partial charge in [0.25, 0.3) is 0 Å². The Bertz CT molecular complexity index is 682. The van der Waals surface area contributed by atoms with E-state index in [0.29, 0.717) is 12.1 Å². The third-order valence-electron chi connectivity index (χ3n) is 6.01. The summed E-state index contributed by atoms with van der Waals surface area (Å²) in [7, 11) is 0. The highest BCUT2D eigenvalue weighted by Gasteiger charge is 2.19. The summed E-state index contributed by atoms with van der Waals surface area (Å²) in [4.78, 5) is 2.54. The maximum Gasteiger partial charge on any atom is 0.0649 e. The Kier molecular flexibility index (Phi) is 11.4. The first-order chi connectivity index (χ1) is 14.7. The quantitative estimate of drug-likeness (QED) is 0.296. The Morgan fingerprint density at radius 2 is 1.30 bits per heavy atom. The van der Waals surface area contributed by atoms with Gasteiger partial charge in [-0.1, -0.05) is 95.5 Å². The van der Waals surface area contributed by atoms with Crippen molar-refractivity contribution in [3.63, 3.8) is 0 Å². The van der Waals surface area contributed by atoms with Crippen LogP contribution in [0, 0.1) is 0 Å². The molecule has 0 saturated heterocycles. The zero-order valence-corrected chi connectivity index (χ0v) is 19.9.